The Bertz CT molecular complexity index is 443. The lowest BCUT2D eigenvalue weighted by Gasteiger charge is -2.12. The van der Waals surface area contributed by atoms with Gasteiger partial charge in [0.25, 0.3) is 0 Å². The third-order valence-corrected chi connectivity index (χ3v) is 2.62. The first kappa shape index (κ1) is 15.0. The highest BCUT2D eigenvalue weighted by molar-refractivity contribution is 5.97. The fraction of sp³-hybridized carbons (Fsp3) is 0.429. The molecule has 5 nitrogen and oxygen atoms in total. The summed E-state index contributed by atoms with van der Waals surface area (Å²) in [5.74, 6) is -0.249. The summed E-state index contributed by atoms with van der Waals surface area (Å²) in [6.07, 6.45) is 0. The summed E-state index contributed by atoms with van der Waals surface area (Å²) in [6, 6.07) is 4.96. The van der Waals surface area contributed by atoms with Crippen molar-refractivity contribution in [3.63, 3.8) is 0 Å². The van der Waals surface area contributed by atoms with E-state index in [1.54, 1.807) is 32.0 Å². The highest BCUT2D eigenvalue weighted by atomic mass is 16.5. The van der Waals surface area contributed by atoms with E-state index in [1.165, 1.54) is 14.2 Å². The van der Waals surface area contributed by atoms with E-state index >= 15 is 0 Å². The molecular weight excluding hydrogens is 248 g/mol. The van der Waals surface area contributed by atoms with E-state index in [2.05, 4.69) is 0 Å². The standard InChI is InChI=1S/C14H18O5/c1-9(2)10(15)8-19-14(16)13-11(17-3)6-5-7-12(13)18-4/h5-7,9H,8H2,1-4H3. The predicted molar refractivity (Wildman–Crippen MR) is 69.7 cm³/mol. The quantitative estimate of drug-likeness (QED) is 0.738. The largest absolute Gasteiger partial charge is 0.496 e. The number of benzene rings is 1. The molecule has 1 aromatic rings. The van der Waals surface area contributed by atoms with Crippen LogP contribution >= 0.6 is 0 Å². The van der Waals surface area contributed by atoms with Crippen LogP contribution in [-0.2, 0) is 9.53 Å². The van der Waals surface area contributed by atoms with Gasteiger partial charge in [-0.1, -0.05) is 19.9 Å². The average Bonchev–Trinajstić information content (AvgIpc) is 2.42. The molecule has 0 saturated heterocycles. The molecule has 0 saturated carbocycles. The van der Waals surface area contributed by atoms with Gasteiger partial charge in [0.05, 0.1) is 14.2 Å². The van der Waals surface area contributed by atoms with E-state index in [9.17, 15) is 9.59 Å². The van der Waals surface area contributed by atoms with Crippen LogP contribution in [0.15, 0.2) is 18.2 Å². The second-order valence-electron chi connectivity index (χ2n) is 4.23. The molecule has 0 N–H and O–H groups in total. The summed E-state index contributed by atoms with van der Waals surface area (Å²) in [6.45, 7) is 3.25. The minimum absolute atomic E-state index is 0.137. The molecule has 19 heavy (non-hydrogen) atoms. The summed E-state index contributed by atoms with van der Waals surface area (Å²) in [5, 5.41) is 0. The van der Waals surface area contributed by atoms with E-state index in [0.717, 1.165) is 0 Å². The smallest absolute Gasteiger partial charge is 0.346 e. The number of Topliss-reactive ketones (excluding diaryl/α,β-unsaturated/α-hetero) is 1. The molecule has 104 valence electrons. The van der Waals surface area contributed by atoms with Crippen molar-refractivity contribution in [2.75, 3.05) is 20.8 Å². The fourth-order valence-corrected chi connectivity index (χ4v) is 1.43. The van der Waals surface area contributed by atoms with Crippen LogP contribution in [0.25, 0.3) is 0 Å². The van der Waals surface area contributed by atoms with Crippen LogP contribution in [0.3, 0.4) is 0 Å². The Morgan fingerprint density at radius 3 is 2.05 bits per heavy atom. The summed E-state index contributed by atoms with van der Waals surface area (Å²) in [7, 11) is 2.90. The van der Waals surface area contributed by atoms with Crippen molar-refractivity contribution < 1.29 is 23.8 Å². The van der Waals surface area contributed by atoms with E-state index < -0.39 is 5.97 Å². The lowest BCUT2D eigenvalue weighted by molar-refractivity contribution is -0.125. The van der Waals surface area contributed by atoms with Gasteiger partial charge >= 0.3 is 5.97 Å². The van der Waals surface area contributed by atoms with Crippen molar-refractivity contribution in [2.24, 2.45) is 5.92 Å². The zero-order valence-electron chi connectivity index (χ0n) is 11.6. The van der Waals surface area contributed by atoms with Crippen LogP contribution in [0.5, 0.6) is 11.5 Å². The molecule has 0 atom stereocenters. The number of rotatable bonds is 6. The normalized spacial score (nSPS) is 10.2. The number of hydrogen-bond donors (Lipinski definition) is 0. The Balaban J connectivity index is 2.90. The molecule has 1 aromatic carbocycles. The highest BCUT2D eigenvalue weighted by Gasteiger charge is 2.21. The Hall–Kier alpha value is -2.04. The van der Waals surface area contributed by atoms with E-state index in [-0.39, 0.29) is 23.9 Å². The first-order valence-electron chi connectivity index (χ1n) is 5.92. The second kappa shape index (κ2) is 6.78. The molecule has 0 aromatic heterocycles. The van der Waals surface area contributed by atoms with Crippen molar-refractivity contribution in [2.45, 2.75) is 13.8 Å². The van der Waals surface area contributed by atoms with Crippen LogP contribution in [0.2, 0.25) is 0 Å². The maximum Gasteiger partial charge on any atom is 0.346 e. The average molecular weight is 266 g/mol. The summed E-state index contributed by atoms with van der Waals surface area (Å²) in [4.78, 5) is 23.4. The van der Waals surface area contributed by atoms with Crippen LogP contribution in [0, 0.1) is 5.92 Å². The van der Waals surface area contributed by atoms with E-state index in [4.69, 9.17) is 14.2 Å². The van der Waals surface area contributed by atoms with Gasteiger partial charge in [0.15, 0.2) is 12.4 Å². The molecule has 0 amide bonds. The lowest BCUT2D eigenvalue weighted by atomic mass is 10.1. The number of esters is 1. The van der Waals surface area contributed by atoms with E-state index in [1.807, 2.05) is 0 Å². The molecule has 0 unspecified atom stereocenters. The number of methoxy groups -OCH3 is 2. The molecule has 5 heteroatoms. The van der Waals surface area contributed by atoms with Gasteiger partial charge in [-0.05, 0) is 12.1 Å². The van der Waals surface area contributed by atoms with Gasteiger partial charge in [0.1, 0.15) is 17.1 Å². The minimum Gasteiger partial charge on any atom is -0.496 e. The third-order valence-electron chi connectivity index (χ3n) is 2.62. The van der Waals surface area contributed by atoms with Crippen molar-refractivity contribution in [1.82, 2.24) is 0 Å². The van der Waals surface area contributed by atoms with E-state index in [0.29, 0.717) is 11.5 Å². The van der Waals surface area contributed by atoms with Crippen LogP contribution < -0.4 is 9.47 Å². The summed E-state index contributed by atoms with van der Waals surface area (Å²) in [5.41, 5.74) is 0.184. The molecule has 0 aliphatic rings. The summed E-state index contributed by atoms with van der Waals surface area (Å²) >= 11 is 0. The highest BCUT2D eigenvalue weighted by Crippen LogP contribution is 2.28. The maximum absolute atomic E-state index is 12.0. The number of hydrogen-bond acceptors (Lipinski definition) is 5. The molecule has 0 fully saturated rings. The molecule has 0 spiro atoms. The molecular formula is C14H18O5. The van der Waals surface area contributed by atoms with Crippen LogP contribution in [-0.4, -0.2) is 32.6 Å². The van der Waals surface area contributed by atoms with Crippen LogP contribution in [0.4, 0.5) is 0 Å². The summed E-state index contributed by atoms with van der Waals surface area (Å²) < 4.78 is 15.2. The third kappa shape index (κ3) is 3.71. The topological polar surface area (TPSA) is 61.8 Å². The van der Waals surface area contributed by atoms with Crippen molar-refractivity contribution >= 4 is 11.8 Å². The first-order chi connectivity index (χ1) is 9.01. The first-order valence-corrected chi connectivity index (χ1v) is 5.92. The molecule has 0 aliphatic carbocycles. The number of ether oxygens (including phenoxy) is 3. The van der Waals surface area contributed by atoms with Gasteiger partial charge in [-0.2, -0.15) is 0 Å². The maximum atomic E-state index is 12.0. The van der Waals surface area contributed by atoms with Gasteiger partial charge < -0.3 is 14.2 Å². The number of ketones is 1. The van der Waals surface area contributed by atoms with Gasteiger partial charge in [-0.3, -0.25) is 4.79 Å². The van der Waals surface area contributed by atoms with Crippen molar-refractivity contribution in [1.29, 1.82) is 0 Å². The van der Waals surface area contributed by atoms with Crippen molar-refractivity contribution in [3.05, 3.63) is 23.8 Å². The SMILES string of the molecule is COc1cccc(OC)c1C(=O)OCC(=O)C(C)C. The molecule has 0 bridgehead atoms. The molecule has 1 rings (SSSR count). The molecule has 0 radical (unpaired) electrons. The zero-order chi connectivity index (χ0) is 14.4. The fourth-order valence-electron chi connectivity index (χ4n) is 1.43. The molecule has 0 aliphatic heterocycles. The van der Waals surface area contributed by atoms with Gasteiger partial charge in [0, 0.05) is 5.92 Å². The Kier molecular flexibility index (Phi) is 5.36. The molecule has 0 heterocycles. The van der Waals surface area contributed by atoms with Gasteiger partial charge in [-0.15, -0.1) is 0 Å². The second-order valence-corrected chi connectivity index (χ2v) is 4.23. The van der Waals surface area contributed by atoms with Crippen molar-refractivity contribution in [3.8, 4) is 11.5 Å². The Morgan fingerprint density at radius 1 is 1.11 bits per heavy atom. The predicted octanol–water partition coefficient (Wildman–Crippen LogP) is 2.09. The monoisotopic (exact) mass is 266 g/mol. The van der Waals surface area contributed by atoms with Crippen LogP contribution in [0.1, 0.15) is 24.2 Å². The zero-order valence-corrected chi connectivity index (χ0v) is 11.6. The lowest BCUT2D eigenvalue weighted by Crippen LogP contribution is -2.19. The number of carbonyl (C=O) groups is 2. The minimum atomic E-state index is -0.636. The Morgan fingerprint density at radius 2 is 1.63 bits per heavy atom. The Labute approximate surface area is 112 Å². The van der Waals surface area contributed by atoms with Gasteiger partial charge in [-0.25, -0.2) is 4.79 Å². The van der Waals surface area contributed by atoms with Gasteiger partial charge in [0.2, 0.25) is 0 Å². The number of carbonyl (C=O) groups excluding carboxylic acids is 2.